The van der Waals surface area contributed by atoms with Crippen molar-refractivity contribution in [2.24, 2.45) is 0 Å². The number of halogens is 1. The summed E-state index contributed by atoms with van der Waals surface area (Å²) in [4.78, 5) is 13.6. The Kier molecular flexibility index (Phi) is 3.58. The number of carbonyl (C=O) groups excluding carboxylic acids is 1. The van der Waals surface area contributed by atoms with E-state index in [-0.39, 0.29) is 5.88 Å². The molecule has 0 bridgehead atoms. The predicted octanol–water partition coefficient (Wildman–Crippen LogP) is 2.11. The number of carbonyl (C=O) groups is 1. The molecule has 7 heteroatoms. The SMILES string of the molecule is CC(C)(C)OC(=O)N1CCOc2c1cc(Br)c[n+]2O. The minimum Gasteiger partial charge on any atom is -0.443 e. The molecule has 0 aromatic carbocycles. The molecule has 104 valence electrons. The third-order valence-corrected chi connectivity index (χ3v) is 2.84. The number of aromatic nitrogens is 1. The summed E-state index contributed by atoms with van der Waals surface area (Å²) in [7, 11) is 0. The Morgan fingerprint density at radius 1 is 1.58 bits per heavy atom. The molecule has 1 aliphatic heterocycles. The van der Waals surface area contributed by atoms with Crippen molar-refractivity contribution in [2.45, 2.75) is 26.4 Å². The quantitative estimate of drug-likeness (QED) is 0.584. The van der Waals surface area contributed by atoms with E-state index in [1.807, 2.05) is 0 Å². The van der Waals surface area contributed by atoms with Gasteiger partial charge in [0.2, 0.25) is 6.20 Å². The van der Waals surface area contributed by atoms with E-state index in [9.17, 15) is 10.0 Å². The van der Waals surface area contributed by atoms with Crippen molar-refractivity contribution in [1.29, 1.82) is 0 Å². The van der Waals surface area contributed by atoms with E-state index in [1.54, 1.807) is 26.8 Å². The predicted molar refractivity (Wildman–Crippen MR) is 70.6 cm³/mol. The van der Waals surface area contributed by atoms with E-state index in [4.69, 9.17) is 9.47 Å². The second-order valence-electron chi connectivity index (χ2n) is 5.17. The topological polar surface area (TPSA) is 62.9 Å². The Morgan fingerprint density at radius 2 is 2.26 bits per heavy atom. The first-order valence-corrected chi connectivity index (χ1v) is 6.65. The minimum absolute atomic E-state index is 0.223. The zero-order valence-electron chi connectivity index (χ0n) is 11.0. The molecule has 0 unspecified atom stereocenters. The van der Waals surface area contributed by atoms with Gasteiger partial charge >= 0.3 is 12.0 Å². The summed E-state index contributed by atoms with van der Waals surface area (Å²) < 4.78 is 12.2. The zero-order chi connectivity index (χ0) is 14.2. The molecule has 1 amide bonds. The largest absolute Gasteiger partial charge is 0.443 e. The second-order valence-corrected chi connectivity index (χ2v) is 6.09. The lowest BCUT2D eigenvalue weighted by molar-refractivity contribution is -0.906. The number of amides is 1. The molecule has 1 aromatic rings. The first kappa shape index (κ1) is 13.9. The van der Waals surface area contributed by atoms with Crippen molar-refractivity contribution in [3.63, 3.8) is 0 Å². The van der Waals surface area contributed by atoms with Crippen molar-refractivity contribution in [3.8, 4) is 5.88 Å². The van der Waals surface area contributed by atoms with E-state index < -0.39 is 11.7 Å². The summed E-state index contributed by atoms with van der Waals surface area (Å²) >= 11 is 3.26. The Bertz CT molecular complexity index is 513. The lowest BCUT2D eigenvalue weighted by atomic mass is 10.2. The van der Waals surface area contributed by atoms with Gasteiger partial charge in [-0.05, 0) is 42.8 Å². The third kappa shape index (κ3) is 3.09. The van der Waals surface area contributed by atoms with Gasteiger partial charge in [-0.1, -0.05) is 0 Å². The normalized spacial score (nSPS) is 14.6. The number of rotatable bonds is 0. The number of hydrogen-bond acceptors (Lipinski definition) is 4. The van der Waals surface area contributed by atoms with Gasteiger partial charge in [0, 0.05) is 4.73 Å². The van der Waals surface area contributed by atoms with Gasteiger partial charge in [0.1, 0.15) is 12.2 Å². The van der Waals surface area contributed by atoms with Crippen LogP contribution in [0.3, 0.4) is 0 Å². The van der Waals surface area contributed by atoms with Crippen LogP contribution in [0.5, 0.6) is 5.88 Å². The summed E-state index contributed by atoms with van der Waals surface area (Å²) in [5.41, 5.74) is -0.103. The molecule has 19 heavy (non-hydrogen) atoms. The molecule has 2 rings (SSSR count). The maximum atomic E-state index is 12.1. The molecule has 1 N–H and O–H groups in total. The summed E-state index contributed by atoms with van der Waals surface area (Å²) in [5, 5.41) is 9.75. The van der Waals surface area contributed by atoms with E-state index in [0.29, 0.717) is 23.3 Å². The Labute approximate surface area is 119 Å². The van der Waals surface area contributed by atoms with Crippen LogP contribution in [0.25, 0.3) is 0 Å². The fourth-order valence-corrected chi connectivity index (χ4v) is 2.13. The number of fused-ring (bicyclic) bond motifs is 1. The average molecular weight is 332 g/mol. The molecule has 0 fully saturated rings. The fourth-order valence-electron chi connectivity index (χ4n) is 1.72. The van der Waals surface area contributed by atoms with Crippen molar-refractivity contribution < 1.29 is 24.2 Å². The number of pyridine rings is 1. The van der Waals surface area contributed by atoms with Crippen LogP contribution in [0.4, 0.5) is 10.5 Å². The van der Waals surface area contributed by atoms with Crippen LogP contribution in [0.1, 0.15) is 20.8 Å². The van der Waals surface area contributed by atoms with Gasteiger partial charge in [0.25, 0.3) is 0 Å². The second kappa shape index (κ2) is 4.88. The van der Waals surface area contributed by atoms with E-state index in [1.165, 1.54) is 11.1 Å². The van der Waals surface area contributed by atoms with E-state index in [0.717, 1.165) is 4.73 Å². The standard InChI is InChI=1S/C12H16BrN2O4/c1-12(2,3)19-11(16)14-4-5-18-10-9(14)6-8(13)7-15(10)17/h6-7,17H,4-5H2,1-3H3/q+1. The van der Waals surface area contributed by atoms with Gasteiger partial charge in [-0.25, -0.2) is 4.79 Å². The zero-order valence-corrected chi connectivity index (χ0v) is 12.6. The van der Waals surface area contributed by atoms with Crippen molar-refractivity contribution in [3.05, 3.63) is 16.7 Å². The van der Waals surface area contributed by atoms with Crippen LogP contribution in [-0.2, 0) is 4.74 Å². The molecule has 0 atom stereocenters. The number of ether oxygens (including phenoxy) is 2. The highest BCUT2D eigenvalue weighted by Gasteiger charge is 2.34. The highest BCUT2D eigenvalue weighted by Crippen LogP contribution is 2.31. The lowest BCUT2D eigenvalue weighted by Gasteiger charge is -2.29. The van der Waals surface area contributed by atoms with Gasteiger partial charge in [-0.3, -0.25) is 10.1 Å². The lowest BCUT2D eigenvalue weighted by Crippen LogP contribution is -2.45. The molecule has 0 spiro atoms. The minimum atomic E-state index is -0.573. The molecule has 1 aliphatic rings. The van der Waals surface area contributed by atoms with Crippen LogP contribution in [0.15, 0.2) is 16.7 Å². The third-order valence-electron chi connectivity index (χ3n) is 2.41. The van der Waals surface area contributed by atoms with Gasteiger partial charge in [0.15, 0.2) is 5.69 Å². The fraction of sp³-hybridized carbons (Fsp3) is 0.500. The number of nitrogens with zero attached hydrogens (tertiary/aromatic N) is 2. The average Bonchev–Trinajstić information content (AvgIpc) is 2.25. The van der Waals surface area contributed by atoms with Crippen LogP contribution in [0.2, 0.25) is 0 Å². The van der Waals surface area contributed by atoms with Crippen molar-refractivity contribution >= 4 is 27.7 Å². The van der Waals surface area contributed by atoms with Crippen molar-refractivity contribution in [1.82, 2.24) is 0 Å². The first-order chi connectivity index (χ1) is 8.78. The van der Waals surface area contributed by atoms with E-state index in [2.05, 4.69) is 15.9 Å². The maximum absolute atomic E-state index is 12.1. The van der Waals surface area contributed by atoms with Gasteiger partial charge in [-0.15, -0.1) is 0 Å². The van der Waals surface area contributed by atoms with Crippen LogP contribution < -0.4 is 14.4 Å². The Morgan fingerprint density at radius 3 is 2.89 bits per heavy atom. The molecular weight excluding hydrogens is 316 g/mol. The molecule has 0 aliphatic carbocycles. The molecule has 0 radical (unpaired) electrons. The monoisotopic (exact) mass is 331 g/mol. The number of hydrogen-bond donors (Lipinski definition) is 1. The summed E-state index contributed by atoms with van der Waals surface area (Å²) in [6.07, 6.45) is 0.979. The van der Waals surface area contributed by atoms with Crippen molar-refractivity contribution in [2.75, 3.05) is 18.1 Å². The highest BCUT2D eigenvalue weighted by molar-refractivity contribution is 9.10. The molecule has 6 nitrogen and oxygen atoms in total. The highest BCUT2D eigenvalue weighted by atomic mass is 79.9. The molecule has 2 heterocycles. The summed E-state index contributed by atoms with van der Waals surface area (Å²) in [6.45, 7) is 6.09. The summed E-state index contributed by atoms with van der Waals surface area (Å²) in [6, 6.07) is 1.70. The smallest absolute Gasteiger partial charge is 0.441 e. The van der Waals surface area contributed by atoms with Gasteiger partial charge < -0.3 is 9.47 Å². The number of anilines is 1. The van der Waals surface area contributed by atoms with Gasteiger partial charge in [0.05, 0.1) is 11.0 Å². The molecule has 1 aromatic heterocycles. The Balaban J connectivity index is 2.34. The van der Waals surface area contributed by atoms with Crippen LogP contribution >= 0.6 is 15.9 Å². The van der Waals surface area contributed by atoms with E-state index >= 15 is 0 Å². The van der Waals surface area contributed by atoms with Crippen LogP contribution in [0, 0.1) is 0 Å². The Hall–Kier alpha value is -1.50. The molecule has 0 saturated heterocycles. The summed E-state index contributed by atoms with van der Waals surface area (Å²) in [5.74, 6) is 0.223. The molecular formula is C12H16BrN2O4+. The van der Waals surface area contributed by atoms with Crippen LogP contribution in [-0.4, -0.2) is 30.1 Å². The first-order valence-electron chi connectivity index (χ1n) is 5.86. The van der Waals surface area contributed by atoms with Gasteiger partial charge in [-0.2, -0.15) is 0 Å². The molecule has 0 saturated carbocycles. The maximum Gasteiger partial charge on any atom is 0.441 e.